The van der Waals surface area contributed by atoms with E-state index in [0.29, 0.717) is 0 Å². The summed E-state index contributed by atoms with van der Waals surface area (Å²) in [6, 6.07) is 15.0. The smallest absolute Gasteiger partial charge is 0.432 e. The highest BCUT2D eigenvalue weighted by atomic mass is 19.3. The Labute approximate surface area is 230 Å². The highest BCUT2D eigenvalue weighted by Gasteiger charge is 2.42. The number of halogens is 4. The topological polar surface area (TPSA) is 18.5 Å². The average molecular weight is 545 g/mol. The molecule has 0 saturated heterocycles. The molecule has 3 aromatic carbocycles. The van der Waals surface area contributed by atoms with Crippen molar-refractivity contribution in [2.45, 2.75) is 97.0 Å². The first kappa shape index (κ1) is 30.5. The maximum absolute atomic E-state index is 15.1. The second kappa shape index (κ2) is 15.5. The zero-order chi connectivity index (χ0) is 28.1. The molecule has 0 bridgehead atoms. The summed E-state index contributed by atoms with van der Waals surface area (Å²) in [6.45, 7) is 4.32. The number of benzene rings is 3. The molecule has 212 valence electrons. The lowest BCUT2D eigenvalue weighted by molar-refractivity contribution is -0.189. The Kier molecular flexibility index (Phi) is 12.2. The minimum Gasteiger partial charge on any atom is -0.454 e. The van der Waals surface area contributed by atoms with Crippen molar-refractivity contribution in [1.29, 1.82) is 0 Å². The zero-order valence-corrected chi connectivity index (χ0v) is 23.1. The number of unbranched alkanes of at least 4 members (excludes halogenated alkanes) is 8. The molecular formula is C33H40F4O2. The van der Waals surface area contributed by atoms with Crippen LogP contribution in [-0.4, -0.2) is 0 Å². The lowest BCUT2D eigenvalue weighted by Gasteiger charge is -2.20. The minimum atomic E-state index is -4.24. The van der Waals surface area contributed by atoms with Gasteiger partial charge < -0.3 is 9.47 Å². The lowest BCUT2D eigenvalue weighted by atomic mass is 10.0. The molecule has 0 saturated carbocycles. The van der Waals surface area contributed by atoms with Crippen molar-refractivity contribution in [3.63, 3.8) is 0 Å². The number of hydrogen-bond donors (Lipinski definition) is 0. The summed E-state index contributed by atoms with van der Waals surface area (Å²) in [5, 5.41) is 0. The van der Waals surface area contributed by atoms with Gasteiger partial charge in [0.15, 0.2) is 11.6 Å². The third kappa shape index (κ3) is 9.59. The van der Waals surface area contributed by atoms with Crippen LogP contribution in [0.1, 0.15) is 94.7 Å². The Morgan fingerprint density at radius 1 is 0.590 bits per heavy atom. The maximum Gasteiger partial charge on any atom is 0.432 e. The first-order chi connectivity index (χ1) is 18.8. The summed E-state index contributed by atoms with van der Waals surface area (Å²) in [4.78, 5) is 0. The third-order valence-electron chi connectivity index (χ3n) is 6.81. The van der Waals surface area contributed by atoms with Gasteiger partial charge in [0.05, 0.1) is 0 Å². The van der Waals surface area contributed by atoms with E-state index in [1.54, 1.807) is 24.3 Å². The van der Waals surface area contributed by atoms with Crippen LogP contribution in [0, 0.1) is 11.6 Å². The molecule has 0 amide bonds. The van der Waals surface area contributed by atoms with Crippen LogP contribution in [0.4, 0.5) is 17.6 Å². The van der Waals surface area contributed by atoms with E-state index >= 15 is 13.2 Å². The standard InChI is InChI=1S/C33H40F4O2/c1-3-5-7-8-9-10-12-14-26-17-21-28(22-18-26)39-33(36,37)31-29(34)23-24-30(32(31)35)38-27-19-15-25(16-20-27)13-11-6-4-2/h15-24H,3-14H2,1-2H3. The average Bonchev–Trinajstić information content (AvgIpc) is 2.91. The van der Waals surface area contributed by atoms with Crippen LogP contribution in [-0.2, 0) is 19.0 Å². The van der Waals surface area contributed by atoms with Crippen LogP contribution in [0.15, 0.2) is 60.7 Å². The summed E-state index contributed by atoms with van der Waals surface area (Å²) in [7, 11) is 0. The molecule has 0 N–H and O–H groups in total. The van der Waals surface area contributed by atoms with Crippen molar-refractivity contribution < 1.29 is 27.0 Å². The SMILES string of the molecule is CCCCCCCCCc1ccc(OC(F)(F)c2c(F)ccc(Oc3ccc(CCCCC)cc3)c2F)cc1. The number of ether oxygens (including phenoxy) is 2. The van der Waals surface area contributed by atoms with Gasteiger partial charge in [0, 0.05) is 0 Å². The molecule has 0 spiro atoms. The Bertz CT molecular complexity index is 1130. The van der Waals surface area contributed by atoms with Crippen LogP contribution in [0.3, 0.4) is 0 Å². The Balaban J connectivity index is 1.61. The number of aryl methyl sites for hydroxylation is 2. The maximum atomic E-state index is 15.1. The normalized spacial score (nSPS) is 11.5. The van der Waals surface area contributed by atoms with Crippen LogP contribution in [0.25, 0.3) is 0 Å². The Morgan fingerprint density at radius 2 is 1.08 bits per heavy atom. The van der Waals surface area contributed by atoms with Crippen molar-refractivity contribution in [1.82, 2.24) is 0 Å². The first-order valence-corrected chi connectivity index (χ1v) is 14.2. The van der Waals surface area contributed by atoms with Gasteiger partial charge in [-0.05, 0) is 73.2 Å². The molecule has 0 aliphatic rings. The van der Waals surface area contributed by atoms with E-state index in [1.165, 1.54) is 44.2 Å². The van der Waals surface area contributed by atoms with Gasteiger partial charge in [0.1, 0.15) is 22.9 Å². The fraction of sp³-hybridized carbons (Fsp3) is 0.455. The van der Waals surface area contributed by atoms with Crippen molar-refractivity contribution >= 4 is 0 Å². The van der Waals surface area contributed by atoms with Crippen LogP contribution in [0.5, 0.6) is 17.2 Å². The molecule has 0 aliphatic heterocycles. The predicted octanol–water partition coefficient (Wildman–Crippen LogP) is 10.9. The molecule has 0 fully saturated rings. The molecule has 0 atom stereocenters. The van der Waals surface area contributed by atoms with E-state index in [9.17, 15) is 4.39 Å². The second-order valence-electron chi connectivity index (χ2n) is 10.1. The largest absolute Gasteiger partial charge is 0.454 e. The van der Waals surface area contributed by atoms with Gasteiger partial charge in [-0.25, -0.2) is 8.78 Å². The quantitative estimate of drug-likeness (QED) is 0.124. The van der Waals surface area contributed by atoms with Gasteiger partial charge in [0.25, 0.3) is 0 Å². The molecule has 0 radical (unpaired) electrons. The molecule has 0 heterocycles. The van der Waals surface area contributed by atoms with Crippen molar-refractivity contribution in [3.05, 3.63) is 89.0 Å². The van der Waals surface area contributed by atoms with Crippen molar-refractivity contribution in [3.8, 4) is 17.2 Å². The molecule has 3 rings (SSSR count). The molecule has 39 heavy (non-hydrogen) atoms. The number of hydrogen-bond acceptors (Lipinski definition) is 2. The van der Waals surface area contributed by atoms with Crippen molar-refractivity contribution in [2.75, 3.05) is 0 Å². The second-order valence-corrected chi connectivity index (χ2v) is 10.1. The van der Waals surface area contributed by atoms with Crippen LogP contribution in [0.2, 0.25) is 0 Å². The first-order valence-electron chi connectivity index (χ1n) is 14.2. The van der Waals surface area contributed by atoms with Crippen LogP contribution < -0.4 is 9.47 Å². The summed E-state index contributed by atoms with van der Waals surface area (Å²) in [5.74, 6) is -3.31. The molecule has 0 unspecified atom stereocenters. The van der Waals surface area contributed by atoms with Crippen LogP contribution >= 0.6 is 0 Å². The van der Waals surface area contributed by atoms with E-state index in [1.807, 2.05) is 12.1 Å². The summed E-state index contributed by atoms with van der Waals surface area (Å²) < 4.78 is 69.8. The monoisotopic (exact) mass is 544 g/mol. The van der Waals surface area contributed by atoms with Gasteiger partial charge in [0.2, 0.25) is 0 Å². The van der Waals surface area contributed by atoms with E-state index in [4.69, 9.17) is 9.47 Å². The summed E-state index contributed by atoms with van der Waals surface area (Å²) in [6.07, 6.45) is 9.14. The van der Waals surface area contributed by atoms with E-state index in [2.05, 4.69) is 13.8 Å². The number of alkyl halides is 2. The Hall–Kier alpha value is -3.02. The molecule has 6 heteroatoms. The van der Waals surface area contributed by atoms with Gasteiger partial charge in [-0.2, -0.15) is 8.78 Å². The Morgan fingerprint density at radius 3 is 1.67 bits per heavy atom. The minimum absolute atomic E-state index is 0.174. The van der Waals surface area contributed by atoms with E-state index in [0.717, 1.165) is 68.2 Å². The third-order valence-corrected chi connectivity index (χ3v) is 6.81. The number of rotatable bonds is 17. The zero-order valence-electron chi connectivity index (χ0n) is 23.1. The fourth-order valence-corrected chi connectivity index (χ4v) is 4.52. The van der Waals surface area contributed by atoms with E-state index < -0.39 is 29.1 Å². The fourth-order valence-electron chi connectivity index (χ4n) is 4.52. The molecule has 3 aromatic rings. The van der Waals surface area contributed by atoms with Gasteiger partial charge >= 0.3 is 6.11 Å². The summed E-state index contributed by atoms with van der Waals surface area (Å²) in [5.41, 5.74) is 0.621. The highest BCUT2D eigenvalue weighted by molar-refractivity contribution is 5.39. The van der Waals surface area contributed by atoms with Gasteiger partial charge in [-0.15, -0.1) is 0 Å². The molecular weight excluding hydrogens is 504 g/mol. The molecule has 0 aliphatic carbocycles. The van der Waals surface area contributed by atoms with E-state index in [-0.39, 0.29) is 11.5 Å². The lowest BCUT2D eigenvalue weighted by Crippen LogP contribution is -2.25. The van der Waals surface area contributed by atoms with Crippen molar-refractivity contribution in [2.24, 2.45) is 0 Å². The highest BCUT2D eigenvalue weighted by Crippen LogP contribution is 2.39. The predicted molar refractivity (Wildman–Crippen MR) is 149 cm³/mol. The molecule has 2 nitrogen and oxygen atoms in total. The van der Waals surface area contributed by atoms with Gasteiger partial charge in [-0.1, -0.05) is 89.5 Å². The van der Waals surface area contributed by atoms with Gasteiger partial charge in [-0.3, -0.25) is 0 Å². The summed E-state index contributed by atoms with van der Waals surface area (Å²) >= 11 is 0. The molecule has 0 aromatic heterocycles.